The summed E-state index contributed by atoms with van der Waals surface area (Å²) in [5.41, 5.74) is 1.23. The van der Waals surface area contributed by atoms with Gasteiger partial charge in [0.2, 0.25) is 5.91 Å². The molecule has 0 saturated carbocycles. The lowest BCUT2D eigenvalue weighted by molar-refractivity contribution is -0.123. The fourth-order valence-corrected chi connectivity index (χ4v) is 1.71. The third-order valence-electron chi connectivity index (χ3n) is 2.80. The normalized spacial score (nSPS) is 28.5. The highest BCUT2D eigenvalue weighted by Gasteiger charge is 2.32. The fraction of sp³-hybridized carbons (Fsp3) is 0.500. The maximum atomic E-state index is 11.0. The molecule has 13 heavy (non-hydrogen) atoms. The molecule has 0 aliphatic carbocycles. The van der Waals surface area contributed by atoms with Crippen molar-refractivity contribution in [1.82, 2.24) is 5.32 Å². The molecule has 1 atom stereocenters. The number of hydrogen-bond acceptors (Lipinski definition) is 2. The summed E-state index contributed by atoms with van der Waals surface area (Å²) >= 11 is 0. The molecule has 1 unspecified atom stereocenters. The molecule has 1 aromatic rings. The molecule has 2 heterocycles. The number of amides is 1. The molecule has 3 heteroatoms. The van der Waals surface area contributed by atoms with Crippen molar-refractivity contribution in [2.24, 2.45) is 0 Å². The fourth-order valence-electron chi connectivity index (χ4n) is 1.71. The van der Waals surface area contributed by atoms with Crippen molar-refractivity contribution in [3.05, 3.63) is 24.2 Å². The summed E-state index contributed by atoms with van der Waals surface area (Å²) in [6.07, 6.45) is 4.95. The van der Waals surface area contributed by atoms with Gasteiger partial charge in [0.1, 0.15) is 0 Å². The number of nitrogens with one attached hydrogen (secondary N) is 1. The number of hydrogen-bond donors (Lipinski definition) is 1. The smallest absolute Gasteiger partial charge is 0.220 e. The van der Waals surface area contributed by atoms with Gasteiger partial charge in [-0.05, 0) is 18.1 Å². The van der Waals surface area contributed by atoms with Crippen LogP contribution in [0.3, 0.4) is 0 Å². The summed E-state index contributed by atoms with van der Waals surface area (Å²) in [6.45, 7) is 2.86. The van der Waals surface area contributed by atoms with Gasteiger partial charge in [0.05, 0.1) is 12.5 Å². The lowest BCUT2D eigenvalue weighted by atomic mass is 9.78. The van der Waals surface area contributed by atoms with E-state index in [9.17, 15) is 4.79 Å². The van der Waals surface area contributed by atoms with E-state index in [0.29, 0.717) is 13.0 Å². The van der Waals surface area contributed by atoms with Gasteiger partial charge in [-0.2, -0.15) is 0 Å². The Bertz CT molecular complexity index is 293. The average Bonchev–Trinajstić information content (AvgIpc) is 2.63. The van der Waals surface area contributed by atoms with Crippen LogP contribution in [0.25, 0.3) is 0 Å². The van der Waals surface area contributed by atoms with Crippen LogP contribution in [0.2, 0.25) is 0 Å². The van der Waals surface area contributed by atoms with E-state index in [1.807, 2.05) is 6.07 Å². The first kappa shape index (κ1) is 8.35. The van der Waals surface area contributed by atoms with Crippen molar-refractivity contribution >= 4 is 5.91 Å². The molecule has 1 N–H and O–H groups in total. The van der Waals surface area contributed by atoms with Crippen LogP contribution in [-0.2, 0) is 10.2 Å². The molecule has 0 bridgehead atoms. The van der Waals surface area contributed by atoms with E-state index in [-0.39, 0.29) is 11.3 Å². The third-order valence-corrected chi connectivity index (χ3v) is 2.80. The highest BCUT2D eigenvalue weighted by atomic mass is 16.3. The van der Waals surface area contributed by atoms with Gasteiger partial charge in [-0.3, -0.25) is 4.79 Å². The topological polar surface area (TPSA) is 42.2 Å². The predicted octanol–water partition coefficient (Wildman–Crippen LogP) is 1.45. The van der Waals surface area contributed by atoms with Crippen molar-refractivity contribution in [3.8, 4) is 0 Å². The Morgan fingerprint density at radius 2 is 2.46 bits per heavy atom. The zero-order valence-corrected chi connectivity index (χ0v) is 7.67. The summed E-state index contributed by atoms with van der Waals surface area (Å²) in [5, 5.41) is 2.88. The first-order valence-corrected chi connectivity index (χ1v) is 4.50. The molecule has 1 aromatic heterocycles. The maximum absolute atomic E-state index is 11.0. The molecule has 1 amide bonds. The number of carbonyl (C=O) groups is 1. The second-order valence-electron chi connectivity index (χ2n) is 3.85. The van der Waals surface area contributed by atoms with E-state index in [1.165, 1.54) is 5.56 Å². The van der Waals surface area contributed by atoms with E-state index >= 15 is 0 Å². The van der Waals surface area contributed by atoms with Gasteiger partial charge in [0.25, 0.3) is 0 Å². The van der Waals surface area contributed by atoms with E-state index in [1.54, 1.807) is 12.5 Å². The minimum Gasteiger partial charge on any atom is -0.472 e. The first-order chi connectivity index (χ1) is 6.21. The molecule has 0 aromatic carbocycles. The van der Waals surface area contributed by atoms with Crippen molar-refractivity contribution in [3.63, 3.8) is 0 Å². The molecule has 3 nitrogen and oxygen atoms in total. The second-order valence-corrected chi connectivity index (χ2v) is 3.85. The zero-order valence-electron chi connectivity index (χ0n) is 7.67. The summed E-state index contributed by atoms with van der Waals surface area (Å²) in [6, 6.07) is 1.97. The van der Waals surface area contributed by atoms with Gasteiger partial charge in [-0.15, -0.1) is 0 Å². The molecule has 1 aliphatic rings. The largest absolute Gasteiger partial charge is 0.472 e. The van der Waals surface area contributed by atoms with Gasteiger partial charge < -0.3 is 9.73 Å². The van der Waals surface area contributed by atoms with Gasteiger partial charge in [-0.25, -0.2) is 0 Å². The monoisotopic (exact) mass is 179 g/mol. The van der Waals surface area contributed by atoms with Crippen LogP contribution in [-0.4, -0.2) is 12.5 Å². The molecule has 1 aliphatic heterocycles. The van der Waals surface area contributed by atoms with E-state index in [2.05, 4.69) is 12.2 Å². The lowest BCUT2D eigenvalue weighted by Crippen LogP contribution is -2.44. The SMILES string of the molecule is CC1(c2ccoc2)CCC(=O)NC1. The van der Waals surface area contributed by atoms with Crippen LogP contribution in [0.5, 0.6) is 0 Å². The lowest BCUT2D eigenvalue weighted by Gasteiger charge is -2.32. The van der Waals surface area contributed by atoms with Crippen LogP contribution in [0.15, 0.2) is 23.0 Å². The predicted molar refractivity (Wildman–Crippen MR) is 48.3 cm³/mol. The minimum atomic E-state index is 0.0565. The summed E-state index contributed by atoms with van der Waals surface area (Å²) in [7, 11) is 0. The summed E-state index contributed by atoms with van der Waals surface area (Å²) in [5.74, 6) is 0.154. The molecule has 0 radical (unpaired) electrons. The molecular weight excluding hydrogens is 166 g/mol. The van der Waals surface area contributed by atoms with Crippen LogP contribution in [0.4, 0.5) is 0 Å². The number of rotatable bonds is 1. The third kappa shape index (κ3) is 1.46. The molecule has 70 valence electrons. The van der Waals surface area contributed by atoms with Gasteiger partial charge in [0, 0.05) is 18.4 Å². The minimum absolute atomic E-state index is 0.0565. The van der Waals surface area contributed by atoms with Crippen LogP contribution < -0.4 is 5.32 Å². The Hall–Kier alpha value is -1.25. The first-order valence-electron chi connectivity index (χ1n) is 4.50. The number of furan rings is 1. The Labute approximate surface area is 77.1 Å². The second kappa shape index (κ2) is 2.91. The van der Waals surface area contributed by atoms with E-state index in [0.717, 1.165) is 6.42 Å². The highest BCUT2D eigenvalue weighted by molar-refractivity contribution is 5.77. The molecule has 2 rings (SSSR count). The molecular formula is C10H13NO2. The number of piperidine rings is 1. The van der Waals surface area contributed by atoms with Crippen molar-refractivity contribution in [2.75, 3.05) is 6.54 Å². The van der Waals surface area contributed by atoms with Crippen molar-refractivity contribution in [1.29, 1.82) is 0 Å². The molecule has 1 saturated heterocycles. The van der Waals surface area contributed by atoms with Crippen LogP contribution in [0, 0.1) is 0 Å². The van der Waals surface area contributed by atoms with E-state index < -0.39 is 0 Å². The van der Waals surface area contributed by atoms with Gasteiger partial charge >= 0.3 is 0 Å². The molecule has 0 spiro atoms. The average molecular weight is 179 g/mol. The van der Waals surface area contributed by atoms with Gasteiger partial charge in [-0.1, -0.05) is 6.92 Å². The van der Waals surface area contributed by atoms with Crippen molar-refractivity contribution in [2.45, 2.75) is 25.2 Å². The summed E-state index contributed by atoms with van der Waals surface area (Å²) < 4.78 is 5.05. The Balaban J connectivity index is 2.18. The van der Waals surface area contributed by atoms with Crippen LogP contribution in [0.1, 0.15) is 25.3 Å². The Morgan fingerprint density at radius 1 is 1.62 bits per heavy atom. The van der Waals surface area contributed by atoms with E-state index in [4.69, 9.17) is 4.42 Å². The van der Waals surface area contributed by atoms with Crippen LogP contribution >= 0.6 is 0 Å². The molecule has 1 fully saturated rings. The zero-order chi connectivity index (χ0) is 9.31. The highest BCUT2D eigenvalue weighted by Crippen LogP contribution is 2.30. The Morgan fingerprint density at radius 3 is 3.00 bits per heavy atom. The Kier molecular flexibility index (Phi) is 1.87. The van der Waals surface area contributed by atoms with Crippen molar-refractivity contribution < 1.29 is 9.21 Å². The number of carbonyl (C=O) groups excluding carboxylic acids is 1. The standard InChI is InChI=1S/C10H13NO2/c1-10(8-3-5-13-6-8)4-2-9(12)11-7-10/h3,5-6H,2,4,7H2,1H3,(H,11,12). The maximum Gasteiger partial charge on any atom is 0.220 e. The summed E-state index contributed by atoms with van der Waals surface area (Å²) in [4.78, 5) is 11.0. The van der Waals surface area contributed by atoms with Gasteiger partial charge in [0.15, 0.2) is 0 Å². The quantitative estimate of drug-likeness (QED) is 0.709.